The van der Waals surface area contributed by atoms with Crippen LogP contribution in [0.15, 0.2) is 29.3 Å². The molecular weight excluding hydrogens is 244 g/mol. The molecule has 100 valence electrons. The molecule has 0 aromatic heterocycles. The summed E-state index contributed by atoms with van der Waals surface area (Å²) in [6.07, 6.45) is 0. The van der Waals surface area contributed by atoms with E-state index in [0.29, 0.717) is 16.8 Å². The van der Waals surface area contributed by atoms with Gasteiger partial charge in [-0.05, 0) is 37.1 Å². The van der Waals surface area contributed by atoms with Gasteiger partial charge in [0.1, 0.15) is 0 Å². The lowest BCUT2D eigenvalue weighted by molar-refractivity contribution is -0.112. The molecule has 1 heterocycles. The van der Waals surface area contributed by atoms with Gasteiger partial charge in [-0.1, -0.05) is 6.07 Å². The molecular formula is C14H16N2O3. The predicted octanol–water partition coefficient (Wildman–Crippen LogP) is 1.55. The minimum Gasteiger partial charge on any atom is -0.478 e. The molecule has 1 aromatic rings. The van der Waals surface area contributed by atoms with Crippen molar-refractivity contribution < 1.29 is 14.7 Å². The van der Waals surface area contributed by atoms with Crippen LogP contribution in [0.5, 0.6) is 0 Å². The van der Waals surface area contributed by atoms with Gasteiger partial charge in [0.05, 0.1) is 5.56 Å². The lowest BCUT2D eigenvalue weighted by Gasteiger charge is -2.21. The number of rotatable bonds is 3. The fraction of sp³-hybridized carbons (Fsp3) is 0.286. The van der Waals surface area contributed by atoms with Crippen molar-refractivity contribution >= 4 is 17.6 Å². The number of aromatic carboxylic acids is 1. The summed E-state index contributed by atoms with van der Waals surface area (Å²) < 4.78 is 0. The van der Waals surface area contributed by atoms with Gasteiger partial charge in [-0.25, -0.2) is 4.79 Å². The van der Waals surface area contributed by atoms with Crippen molar-refractivity contribution in [2.24, 2.45) is 0 Å². The van der Waals surface area contributed by atoms with E-state index in [9.17, 15) is 9.59 Å². The number of benzene rings is 1. The molecule has 0 bridgehead atoms. The molecule has 0 spiro atoms. The second kappa shape index (κ2) is 5.24. The van der Waals surface area contributed by atoms with E-state index >= 15 is 0 Å². The summed E-state index contributed by atoms with van der Waals surface area (Å²) in [5.41, 5.74) is 3.15. The van der Waals surface area contributed by atoms with Crippen molar-refractivity contribution in [1.82, 2.24) is 5.32 Å². The van der Waals surface area contributed by atoms with Crippen LogP contribution in [0, 0.1) is 6.92 Å². The number of carbonyl (C=O) groups excluding carboxylic acids is 1. The fourth-order valence-corrected chi connectivity index (χ4v) is 1.83. The normalized spacial score (nSPS) is 13.7. The van der Waals surface area contributed by atoms with Gasteiger partial charge >= 0.3 is 5.97 Å². The number of carboxylic acids is 1. The number of nitrogens with one attached hydrogen (secondary N) is 2. The minimum atomic E-state index is -0.994. The van der Waals surface area contributed by atoms with Gasteiger partial charge in [-0.15, -0.1) is 0 Å². The van der Waals surface area contributed by atoms with Gasteiger partial charge in [-0.2, -0.15) is 0 Å². The van der Waals surface area contributed by atoms with Crippen molar-refractivity contribution in [2.45, 2.75) is 13.8 Å². The Morgan fingerprint density at radius 1 is 1.32 bits per heavy atom. The fourth-order valence-electron chi connectivity index (χ4n) is 1.83. The van der Waals surface area contributed by atoms with Gasteiger partial charge < -0.3 is 15.7 Å². The van der Waals surface area contributed by atoms with Gasteiger partial charge in [0, 0.05) is 24.4 Å². The maximum atomic E-state index is 12.0. The third kappa shape index (κ3) is 2.82. The monoisotopic (exact) mass is 260 g/mol. The lowest BCUT2D eigenvalue weighted by atomic mass is 10.0. The smallest absolute Gasteiger partial charge is 0.336 e. The highest BCUT2D eigenvalue weighted by atomic mass is 16.4. The van der Waals surface area contributed by atoms with E-state index in [-0.39, 0.29) is 11.5 Å². The molecule has 1 aromatic carbocycles. The first kappa shape index (κ1) is 13.3. The summed E-state index contributed by atoms with van der Waals surface area (Å²) in [7, 11) is 0. The number of hydrogen-bond donors (Lipinski definition) is 3. The number of aryl methyl sites for hydroxylation is 1. The molecule has 1 fully saturated rings. The zero-order valence-electron chi connectivity index (χ0n) is 10.9. The number of carbonyl (C=O) groups is 2. The third-order valence-corrected chi connectivity index (χ3v) is 3.27. The summed E-state index contributed by atoms with van der Waals surface area (Å²) in [5, 5.41) is 14.8. The van der Waals surface area contributed by atoms with Gasteiger partial charge in [-0.3, -0.25) is 4.79 Å². The number of hydrogen-bond acceptors (Lipinski definition) is 3. The van der Waals surface area contributed by atoms with Crippen LogP contribution >= 0.6 is 0 Å². The summed E-state index contributed by atoms with van der Waals surface area (Å²) in [4.78, 5) is 23.0. The second-order valence-electron chi connectivity index (χ2n) is 4.62. The minimum absolute atomic E-state index is 0.184. The number of carboxylic acid groups (broad SMARTS) is 1. The van der Waals surface area contributed by atoms with E-state index in [1.807, 2.05) is 0 Å². The van der Waals surface area contributed by atoms with Crippen molar-refractivity contribution in [2.75, 3.05) is 18.4 Å². The Morgan fingerprint density at radius 2 is 2.00 bits per heavy atom. The van der Waals surface area contributed by atoms with E-state index in [1.54, 1.807) is 26.0 Å². The Bertz CT molecular complexity index is 570. The Balaban J connectivity index is 2.17. The highest BCUT2D eigenvalue weighted by Crippen LogP contribution is 2.17. The SMILES string of the molecule is CC(C(=O)Nc1ccc(C)c(C(=O)O)c1)=C1CNC1. The topological polar surface area (TPSA) is 78.4 Å². The van der Waals surface area contributed by atoms with Crippen LogP contribution in [-0.2, 0) is 4.79 Å². The quantitative estimate of drug-likeness (QED) is 0.720. The van der Waals surface area contributed by atoms with E-state index in [4.69, 9.17) is 5.11 Å². The molecule has 0 saturated carbocycles. The average molecular weight is 260 g/mol. The van der Waals surface area contributed by atoms with Crippen molar-refractivity contribution in [3.8, 4) is 0 Å². The van der Waals surface area contributed by atoms with Crippen molar-refractivity contribution in [1.29, 1.82) is 0 Å². The molecule has 2 rings (SSSR count). The molecule has 5 nitrogen and oxygen atoms in total. The molecule has 1 aliphatic heterocycles. The largest absolute Gasteiger partial charge is 0.478 e. The lowest BCUT2D eigenvalue weighted by Crippen LogP contribution is -2.36. The molecule has 5 heteroatoms. The van der Waals surface area contributed by atoms with Crippen LogP contribution in [0.4, 0.5) is 5.69 Å². The molecule has 3 N–H and O–H groups in total. The van der Waals surface area contributed by atoms with E-state index in [0.717, 1.165) is 18.7 Å². The Kier molecular flexibility index (Phi) is 3.66. The van der Waals surface area contributed by atoms with Crippen LogP contribution in [0.1, 0.15) is 22.8 Å². The summed E-state index contributed by atoms with van der Waals surface area (Å²) in [6, 6.07) is 4.87. The standard InChI is InChI=1S/C14H16N2O3/c1-8-3-4-11(5-12(8)14(18)19)16-13(17)9(2)10-6-15-7-10/h3-5,15H,6-7H2,1-2H3,(H,16,17)(H,18,19). The highest BCUT2D eigenvalue weighted by Gasteiger charge is 2.16. The molecule has 19 heavy (non-hydrogen) atoms. The Hall–Kier alpha value is -2.14. The van der Waals surface area contributed by atoms with E-state index < -0.39 is 5.97 Å². The molecule has 1 amide bonds. The first-order valence-electron chi connectivity index (χ1n) is 6.03. The second-order valence-corrected chi connectivity index (χ2v) is 4.62. The van der Waals surface area contributed by atoms with Gasteiger partial charge in [0.15, 0.2) is 0 Å². The summed E-state index contributed by atoms with van der Waals surface area (Å²) in [5.74, 6) is -1.18. The Labute approximate surface area is 111 Å². The molecule has 0 atom stereocenters. The van der Waals surface area contributed by atoms with Crippen LogP contribution < -0.4 is 10.6 Å². The molecule has 0 aliphatic carbocycles. The van der Waals surface area contributed by atoms with Crippen LogP contribution in [0.25, 0.3) is 0 Å². The maximum Gasteiger partial charge on any atom is 0.336 e. The van der Waals surface area contributed by atoms with Crippen LogP contribution in [0.3, 0.4) is 0 Å². The van der Waals surface area contributed by atoms with E-state index in [2.05, 4.69) is 10.6 Å². The van der Waals surface area contributed by atoms with Gasteiger partial charge in [0.2, 0.25) is 0 Å². The molecule has 0 radical (unpaired) electrons. The molecule has 1 saturated heterocycles. The number of anilines is 1. The third-order valence-electron chi connectivity index (χ3n) is 3.27. The molecule has 1 aliphatic rings. The first-order chi connectivity index (χ1) is 8.99. The number of amides is 1. The van der Waals surface area contributed by atoms with Gasteiger partial charge in [0.25, 0.3) is 5.91 Å². The van der Waals surface area contributed by atoms with Crippen LogP contribution in [0.2, 0.25) is 0 Å². The average Bonchev–Trinajstić information content (AvgIpc) is 2.28. The zero-order chi connectivity index (χ0) is 14.0. The summed E-state index contributed by atoms with van der Waals surface area (Å²) >= 11 is 0. The van der Waals surface area contributed by atoms with E-state index in [1.165, 1.54) is 6.07 Å². The maximum absolute atomic E-state index is 12.0. The summed E-state index contributed by atoms with van der Waals surface area (Å²) in [6.45, 7) is 4.99. The predicted molar refractivity (Wildman–Crippen MR) is 72.3 cm³/mol. The van der Waals surface area contributed by atoms with Crippen molar-refractivity contribution in [3.05, 3.63) is 40.5 Å². The first-order valence-corrected chi connectivity index (χ1v) is 6.03. The molecule has 0 unspecified atom stereocenters. The highest BCUT2D eigenvalue weighted by molar-refractivity contribution is 6.04. The Morgan fingerprint density at radius 3 is 2.53 bits per heavy atom. The van der Waals surface area contributed by atoms with Crippen molar-refractivity contribution in [3.63, 3.8) is 0 Å². The van der Waals surface area contributed by atoms with Crippen LogP contribution in [-0.4, -0.2) is 30.1 Å². The zero-order valence-corrected chi connectivity index (χ0v) is 10.9.